The fourth-order valence-corrected chi connectivity index (χ4v) is 3.92. The Labute approximate surface area is 164 Å². The number of phenolic OH excluding ortho intramolecular Hbond substituents is 1. The van der Waals surface area contributed by atoms with Crippen molar-refractivity contribution in [2.45, 2.75) is 13.8 Å². The number of rotatable bonds is 2. The molecule has 9 heteroatoms. The van der Waals surface area contributed by atoms with Gasteiger partial charge < -0.3 is 14.9 Å². The van der Waals surface area contributed by atoms with E-state index in [0.717, 1.165) is 17.1 Å². The van der Waals surface area contributed by atoms with E-state index in [1.54, 1.807) is 21.5 Å². The second-order valence-corrected chi connectivity index (χ2v) is 7.50. The van der Waals surface area contributed by atoms with Crippen molar-refractivity contribution in [3.8, 4) is 5.75 Å². The molecule has 140 valence electrons. The number of nitrogens with zero attached hydrogens (tertiary/aromatic N) is 6. The van der Waals surface area contributed by atoms with E-state index in [-0.39, 0.29) is 11.7 Å². The van der Waals surface area contributed by atoms with E-state index in [2.05, 4.69) is 35.9 Å². The van der Waals surface area contributed by atoms with Gasteiger partial charge in [-0.1, -0.05) is 0 Å². The molecule has 4 rings (SSSR count). The van der Waals surface area contributed by atoms with Crippen LogP contribution in [0.1, 0.15) is 21.6 Å². The first-order chi connectivity index (χ1) is 12.9. The SMILES string of the molecule is Cc1cc(Br)c(O)c(C(=O)N2CCN(c3cc(C)nc4ncnn34)CC2)c1. The zero-order valence-corrected chi connectivity index (χ0v) is 16.6. The lowest BCUT2D eigenvalue weighted by atomic mass is 10.1. The third kappa shape index (κ3) is 3.23. The molecule has 8 nitrogen and oxygen atoms in total. The molecule has 0 aliphatic carbocycles. The lowest BCUT2D eigenvalue weighted by molar-refractivity contribution is 0.0743. The lowest BCUT2D eigenvalue weighted by Crippen LogP contribution is -2.49. The van der Waals surface area contributed by atoms with E-state index in [1.807, 2.05) is 19.9 Å². The van der Waals surface area contributed by atoms with Crippen LogP contribution in [0.15, 0.2) is 29.0 Å². The van der Waals surface area contributed by atoms with Crippen molar-refractivity contribution in [1.82, 2.24) is 24.5 Å². The number of halogens is 1. The number of aromatic hydroxyl groups is 1. The molecule has 0 bridgehead atoms. The molecule has 1 aliphatic rings. The number of carbonyl (C=O) groups excluding carboxylic acids is 1. The van der Waals surface area contributed by atoms with Gasteiger partial charge in [-0.25, -0.2) is 4.98 Å². The zero-order valence-electron chi connectivity index (χ0n) is 15.1. The molecule has 3 heterocycles. The topological polar surface area (TPSA) is 86.9 Å². The summed E-state index contributed by atoms with van der Waals surface area (Å²) in [7, 11) is 0. The third-order valence-corrected chi connectivity index (χ3v) is 5.29. The number of benzene rings is 1. The number of carbonyl (C=O) groups is 1. The fraction of sp³-hybridized carbons (Fsp3) is 0.333. The van der Waals surface area contributed by atoms with Crippen LogP contribution in [0.25, 0.3) is 5.78 Å². The molecule has 1 aliphatic heterocycles. The summed E-state index contributed by atoms with van der Waals surface area (Å²) < 4.78 is 2.25. The van der Waals surface area contributed by atoms with Crippen LogP contribution in [0, 0.1) is 13.8 Å². The first-order valence-corrected chi connectivity index (χ1v) is 9.44. The van der Waals surface area contributed by atoms with Crippen molar-refractivity contribution in [3.63, 3.8) is 0 Å². The van der Waals surface area contributed by atoms with Crippen LogP contribution < -0.4 is 4.90 Å². The maximum atomic E-state index is 12.9. The molecule has 27 heavy (non-hydrogen) atoms. The van der Waals surface area contributed by atoms with E-state index in [4.69, 9.17) is 0 Å². The van der Waals surface area contributed by atoms with Gasteiger partial charge in [-0.15, -0.1) is 0 Å². The maximum Gasteiger partial charge on any atom is 0.257 e. The Bertz CT molecular complexity index is 1030. The Morgan fingerprint density at radius 1 is 1.15 bits per heavy atom. The fourth-order valence-electron chi connectivity index (χ4n) is 3.34. The van der Waals surface area contributed by atoms with Gasteiger partial charge in [-0.2, -0.15) is 14.6 Å². The molecule has 1 saturated heterocycles. The third-order valence-electron chi connectivity index (χ3n) is 4.69. The second-order valence-electron chi connectivity index (χ2n) is 6.65. The van der Waals surface area contributed by atoms with E-state index in [9.17, 15) is 9.90 Å². The highest BCUT2D eigenvalue weighted by Crippen LogP contribution is 2.30. The van der Waals surface area contributed by atoms with Crippen molar-refractivity contribution in [2.75, 3.05) is 31.1 Å². The first kappa shape index (κ1) is 17.7. The van der Waals surface area contributed by atoms with Crippen LogP contribution in [0.5, 0.6) is 5.75 Å². The number of aryl methyl sites for hydroxylation is 2. The van der Waals surface area contributed by atoms with Gasteiger partial charge >= 0.3 is 0 Å². The minimum Gasteiger partial charge on any atom is -0.506 e. The van der Waals surface area contributed by atoms with Crippen LogP contribution in [0.2, 0.25) is 0 Å². The summed E-state index contributed by atoms with van der Waals surface area (Å²) in [4.78, 5) is 25.4. The summed E-state index contributed by atoms with van der Waals surface area (Å²) in [5.74, 6) is 1.32. The largest absolute Gasteiger partial charge is 0.506 e. The highest BCUT2D eigenvalue weighted by Gasteiger charge is 2.26. The van der Waals surface area contributed by atoms with Crippen LogP contribution in [0.4, 0.5) is 5.82 Å². The maximum absolute atomic E-state index is 12.9. The van der Waals surface area contributed by atoms with Crippen LogP contribution >= 0.6 is 15.9 Å². The monoisotopic (exact) mass is 430 g/mol. The predicted molar refractivity (Wildman–Crippen MR) is 104 cm³/mol. The molecule has 0 spiro atoms. The molecule has 0 atom stereocenters. The number of hydrogen-bond acceptors (Lipinski definition) is 6. The van der Waals surface area contributed by atoms with Gasteiger partial charge in [0.05, 0.1) is 10.0 Å². The van der Waals surface area contributed by atoms with Crippen molar-refractivity contribution in [1.29, 1.82) is 0 Å². The highest BCUT2D eigenvalue weighted by molar-refractivity contribution is 9.10. The Hall–Kier alpha value is -2.68. The quantitative estimate of drug-likeness (QED) is 0.670. The van der Waals surface area contributed by atoms with Crippen molar-refractivity contribution in [2.24, 2.45) is 0 Å². The molecule has 2 aromatic heterocycles. The Balaban J connectivity index is 1.54. The van der Waals surface area contributed by atoms with Crippen LogP contribution in [-0.4, -0.2) is 61.7 Å². The van der Waals surface area contributed by atoms with Gasteiger partial charge in [0.15, 0.2) is 0 Å². The molecule has 1 fully saturated rings. The molecular formula is C18H19BrN6O2. The van der Waals surface area contributed by atoms with Gasteiger partial charge in [-0.3, -0.25) is 4.79 Å². The Kier molecular flexibility index (Phi) is 4.47. The second kappa shape index (κ2) is 6.80. The van der Waals surface area contributed by atoms with Crippen molar-refractivity contribution in [3.05, 3.63) is 45.8 Å². The average molecular weight is 431 g/mol. The molecule has 1 aromatic carbocycles. The lowest BCUT2D eigenvalue weighted by Gasteiger charge is -2.36. The number of piperazine rings is 1. The van der Waals surface area contributed by atoms with Gasteiger partial charge in [0.2, 0.25) is 0 Å². The molecule has 1 N–H and O–H groups in total. The predicted octanol–water partition coefficient (Wildman–Crippen LogP) is 2.17. The van der Waals surface area contributed by atoms with Crippen LogP contribution in [-0.2, 0) is 0 Å². The molecular weight excluding hydrogens is 412 g/mol. The smallest absolute Gasteiger partial charge is 0.257 e. The van der Waals surface area contributed by atoms with Gasteiger partial charge in [0.25, 0.3) is 11.7 Å². The molecule has 0 unspecified atom stereocenters. The molecule has 3 aromatic rings. The number of amides is 1. The van der Waals surface area contributed by atoms with Crippen molar-refractivity contribution >= 4 is 33.4 Å². The molecule has 0 saturated carbocycles. The average Bonchev–Trinajstić information content (AvgIpc) is 3.12. The molecule has 0 radical (unpaired) electrons. The minimum absolute atomic E-state index is 0.0119. The Morgan fingerprint density at radius 2 is 1.89 bits per heavy atom. The number of phenols is 1. The summed E-state index contributed by atoms with van der Waals surface area (Å²) in [6, 6.07) is 5.49. The summed E-state index contributed by atoms with van der Waals surface area (Å²) >= 11 is 3.30. The molecule has 1 amide bonds. The minimum atomic E-state index is -0.159. The Morgan fingerprint density at radius 3 is 2.63 bits per heavy atom. The van der Waals surface area contributed by atoms with E-state index < -0.39 is 0 Å². The number of fused-ring (bicyclic) bond motifs is 1. The summed E-state index contributed by atoms with van der Waals surface area (Å²) in [5.41, 5.74) is 2.12. The standard InChI is InChI=1S/C18H19BrN6O2/c1-11-7-13(16(26)14(19)8-11)17(27)24-5-3-23(4-6-24)15-9-12(2)22-18-20-10-21-25(15)18/h7-10,26H,3-6H2,1-2H3. The summed E-state index contributed by atoms with van der Waals surface area (Å²) in [6.07, 6.45) is 1.49. The van der Waals surface area contributed by atoms with Crippen LogP contribution in [0.3, 0.4) is 0 Å². The van der Waals surface area contributed by atoms with E-state index in [0.29, 0.717) is 42.0 Å². The van der Waals surface area contributed by atoms with Gasteiger partial charge in [0.1, 0.15) is 17.9 Å². The summed E-state index contributed by atoms with van der Waals surface area (Å²) in [5, 5.41) is 14.5. The first-order valence-electron chi connectivity index (χ1n) is 8.65. The van der Waals surface area contributed by atoms with E-state index >= 15 is 0 Å². The van der Waals surface area contributed by atoms with E-state index in [1.165, 1.54) is 6.33 Å². The number of anilines is 1. The number of aromatic nitrogens is 4. The summed E-state index contributed by atoms with van der Waals surface area (Å²) in [6.45, 7) is 6.27. The number of hydrogen-bond donors (Lipinski definition) is 1. The highest BCUT2D eigenvalue weighted by atomic mass is 79.9. The van der Waals surface area contributed by atoms with Gasteiger partial charge in [-0.05, 0) is 47.5 Å². The van der Waals surface area contributed by atoms with Gasteiger partial charge in [0, 0.05) is 37.9 Å². The zero-order chi connectivity index (χ0) is 19.1. The normalized spacial score (nSPS) is 14.8. The van der Waals surface area contributed by atoms with Crippen molar-refractivity contribution < 1.29 is 9.90 Å².